The highest BCUT2D eigenvalue weighted by Gasteiger charge is 2.35. The molecule has 0 saturated carbocycles. The highest BCUT2D eigenvalue weighted by molar-refractivity contribution is 6.24. The zero-order valence-electron chi connectivity index (χ0n) is 28.5. The van der Waals surface area contributed by atoms with E-state index in [-0.39, 0.29) is 10.8 Å². The van der Waals surface area contributed by atoms with Gasteiger partial charge in [-0.15, -0.1) is 0 Å². The van der Waals surface area contributed by atoms with Crippen LogP contribution in [0.25, 0.3) is 108 Å². The minimum absolute atomic E-state index is 0.0847. The first-order valence-electron chi connectivity index (χ1n) is 18.1. The quantitative estimate of drug-likeness (QED) is 0.115. The minimum atomic E-state index is -0.0847. The molecule has 12 bridgehead atoms. The largest absolute Gasteiger partial charge is 0.0537 e. The van der Waals surface area contributed by atoms with E-state index in [9.17, 15) is 0 Å². The molecule has 0 N–H and O–H groups in total. The van der Waals surface area contributed by atoms with Gasteiger partial charge < -0.3 is 0 Å². The summed E-state index contributed by atoms with van der Waals surface area (Å²) in [6.45, 7) is 9.65. The molecule has 2 aliphatic rings. The Morgan fingerprint density at radius 2 is 0.400 bits per heavy atom. The Labute approximate surface area is 288 Å². The SMILES string of the molecule is CC1(C)c2cc3ccc4cc5ccc6cc7c8cc6c5cc4c3cc2c2cc3c(ccc4cc5ccc6cc(c8cc6c5cc43)C7(C)C)cc21. The van der Waals surface area contributed by atoms with E-state index >= 15 is 0 Å². The monoisotopic (exact) mass is 632 g/mol. The van der Waals surface area contributed by atoms with Crippen molar-refractivity contribution in [2.24, 2.45) is 0 Å². The summed E-state index contributed by atoms with van der Waals surface area (Å²) in [5.74, 6) is 0. The summed E-state index contributed by atoms with van der Waals surface area (Å²) in [5.41, 5.74) is 5.54. The van der Waals surface area contributed by atoms with Crippen molar-refractivity contribution in [3.05, 3.63) is 144 Å². The van der Waals surface area contributed by atoms with Crippen molar-refractivity contribution in [2.45, 2.75) is 38.5 Å². The van der Waals surface area contributed by atoms with Gasteiger partial charge in [0.2, 0.25) is 0 Å². The first-order chi connectivity index (χ1) is 24.2. The highest BCUT2D eigenvalue weighted by atomic mass is 14.4. The van der Waals surface area contributed by atoms with E-state index in [1.54, 1.807) is 0 Å². The molecule has 0 nitrogen and oxygen atoms in total. The van der Waals surface area contributed by atoms with Crippen molar-refractivity contribution in [1.29, 1.82) is 0 Å². The molecule has 11 aromatic rings. The zero-order chi connectivity index (χ0) is 33.0. The molecule has 0 atom stereocenters. The van der Waals surface area contributed by atoms with Crippen LogP contribution in [-0.2, 0) is 10.8 Å². The molecule has 0 heteroatoms. The molecule has 0 amide bonds. The lowest BCUT2D eigenvalue weighted by atomic mass is 9.80. The van der Waals surface area contributed by atoms with Gasteiger partial charge in [0.1, 0.15) is 0 Å². The summed E-state index contributed by atoms with van der Waals surface area (Å²) in [7, 11) is 0. The zero-order valence-corrected chi connectivity index (χ0v) is 28.5. The molecule has 2 aliphatic carbocycles. The molecule has 0 radical (unpaired) electrons. The van der Waals surface area contributed by atoms with Crippen LogP contribution in [0.1, 0.15) is 49.9 Å². The topological polar surface area (TPSA) is 0 Å². The third kappa shape index (κ3) is 2.88. The van der Waals surface area contributed by atoms with Gasteiger partial charge in [-0.05, 0) is 203 Å². The smallest absolute Gasteiger partial charge is 0.0159 e. The summed E-state index contributed by atoms with van der Waals surface area (Å²) in [4.78, 5) is 0. The summed E-state index contributed by atoms with van der Waals surface area (Å²) in [6, 6.07) is 48.6. The lowest BCUT2D eigenvalue weighted by molar-refractivity contribution is 0.663. The van der Waals surface area contributed by atoms with Gasteiger partial charge >= 0.3 is 0 Å². The molecule has 0 aromatic heterocycles. The van der Waals surface area contributed by atoms with E-state index in [1.807, 2.05) is 0 Å². The van der Waals surface area contributed by atoms with Crippen LogP contribution in [-0.4, -0.2) is 0 Å². The van der Waals surface area contributed by atoms with E-state index in [0.29, 0.717) is 0 Å². The fraction of sp³-hybridized carbons (Fsp3) is 0.120. The number of rotatable bonds is 0. The molecule has 0 spiro atoms. The van der Waals surface area contributed by atoms with Gasteiger partial charge in [0.15, 0.2) is 0 Å². The van der Waals surface area contributed by atoms with Crippen LogP contribution in [0.5, 0.6) is 0 Å². The second-order valence-electron chi connectivity index (χ2n) is 16.6. The summed E-state index contributed by atoms with van der Waals surface area (Å²) in [6.07, 6.45) is 0. The second kappa shape index (κ2) is 8.01. The van der Waals surface area contributed by atoms with Crippen molar-refractivity contribution < 1.29 is 0 Å². The van der Waals surface area contributed by atoms with Crippen LogP contribution in [0.4, 0.5) is 0 Å². The summed E-state index contributed by atoms with van der Waals surface area (Å²) >= 11 is 0. The molecule has 50 heavy (non-hydrogen) atoms. The Bertz CT molecular complexity index is 3010. The fourth-order valence-electron chi connectivity index (χ4n) is 10.7. The molecule has 11 aromatic carbocycles. The van der Waals surface area contributed by atoms with E-state index in [4.69, 9.17) is 0 Å². The lowest BCUT2D eigenvalue weighted by Gasteiger charge is -2.23. The van der Waals surface area contributed by atoms with E-state index < -0.39 is 0 Å². The third-order valence-electron chi connectivity index (χ3n) is 13.4. The van der Waals surface area contributed by atoms with Crippen molar-refractivity contribution >= 4 is 108 Å². The lowest BCUT2D eigenvalue weighted by Crippen LogP contribution is -2.15. The maximum atomic E-state index is 2.52. The van der Waals surface area contributed by atoms with Crippen LogP contribution in [0.3, 0.4) is 0 Å². The first-order valence-corrected chi connectivity index (χ1v) is 18.1. The van der Waals surface area contributed by atoms with Gasteiger partial charge in [-0.2, -0.15) is 0 Å². The van der Waals surface area contributed by atoms with Crippen molar-refractivity contribution in [2.75, 3.05) is 0 Å². The molecular formula is C50H32. The van der Waals surface area contributed by atoms with Crippen molar-refractivity contribution in [3.8, 4) is 0 Å². The fourth-order valence-corrected chi connectivity index (χ4v) is 10.7. The molecule has 0 fully saturated rings. The van der Waals surface area contributed by atoms with Crippen molar-refractivity contribution in [1.82, 2.24) is 0 Å². The van der Waals surface area contributed by atoms with Gasteiger partial charge in [0, 0.05) is 10.8 Å². The highest BCUT2D eigenvalue weighted by Crippen LogP contribution is 2.51. The second-order valence-corrected chi connectivity index (χ2v) is 16.6. The number of hydrogen-bond acceptors (Lipinski definition) is 0. The van der Waals surface area contributed by atoms with E-state index in [1.165, 1.54) is 130 Å². The predicted octanol–water partition coefficient (Wildman–Crippen LogP) is 13.9. The Kier molecular flexibility index (Phi) is 4.19. The van der Waals surface area contributed by atoms with Crippen LogP contribution in [0.15, 0.2) is 121 Å². The number of benzene rings is 10. The third-order valence-corrected chi connectivity index (χ3v) is 13.4. The van der Waals surface area contributed by atoms with Crippen LogP contribution in [0, 0.1) is 0 Å². The Hall–Kier alpha value is -5.72. The molecule has 0 heterocycles. The average molecular weight is 633 g/mol. The van der Waals surface area contributed by atoms with Crippen molar-refractivity contribution in [3.63, 3.8) is 0 Å². The van der Waals surface area contributed by atoms with E-state index in [2.05, 4.69) is 149 Å². The minimum Gasteiger partial charge on any atom is -0.0537 e. The van der Waals surface area contributed by atoms with Gasteiger partial charge in [0.25, 0.3) is 0 Å². The van der Waals surface area contributed by atoms with E-state index in [0.717, 1.165) is 0 Å². The molecule has 0 unspecified atom stereocenters. The van der Waals surface area contributed by atoms with Crippen LogP contribution in [0.2, 0.25) is 0 Å². The first kappa shape index (κ1) is 26.2. The predicted molar refractivity (Wildman–Crippen MR) is 217 cm³/mol. The summed E-state index contributed by atoms with van der Waals surface area (Å²) < 4.78 is 0. The van der Waals surface area contributed by atoms with Gasteiger partial charge in [-0.1, -0.05) is 76.2 Å². The molecular weight excluding hydrogens is 601 g/mol. The van der Waals surface area contributed by atoms with Gasteiger partial charge in [-0.25, -0.2) is 0 Å². The van der Waals surface area contributed by atoms with Crippen LogP contribution < -0.4 is 0 Å². The summed E-state index contributed by atoms with van der Waals surface area (Å²) in [5, 5.41) is 26.7. The molecule has 232 valence electrons. The average Bonchev–Trinajstić information content (AvgIpc) is 3.47. The standard InChI is InChI=1S/C50H32/c1-49(2)45-15-29-9-5-25-13-27-7-11-31-17-47-43-23-39(31)35(27)19-33(25)37(29)21-41(45)42-22-38-30(16-46(42)49)10-6-26-14-28-8-12-32-18-48(50(47,3)4)44(43)24-40(32)36(28)20-34(26)38/h5-24H,1-4H3. The Morgan fingerprint density at radius 3 is 0.620 bits per heavy atom. The molecule has 0 aliphatic heterocycles. The normalized spacial score (nSPS) is 15.9. The Morgan fingerprint density at radius 1 is 0.220 bits per heavy atom. The molecule has 0 saturated heterocycles. The Balaban J connectivity index is 1.35. The number of hydrogen-bond donors (Lipinski definition) is 0. The molecule has 13 rings (SSSR count). The van der Waals surface area contributed by atoms with Crippen LogP contribution >= 0.6 is 0 Å². The van der Waals surface area contributed by atoms with Gasteiger partial charge in [-0.3, -0.25) is 0 Å². The maximum absolute atomic E-state index is 2.52. The van der Waals surface area contributed by atoms with Gasteiger partial charge in [0.05, 0.1) is 0 Å². The maximum Gasteiger partial charge on any atom is 0.0159 e.